The van der Waals surface area contributed by atoms with Gasteiger partial charge in [-0.2, -0.15) is 65.9 Å². The number of hydrogen-bond acceptors (Lipinski definition) is 6. The average Bonchev–Trinajstić information content (AvgIpc) is 2.99. The van der Waals surface area contributed by atoms with E-state index in [4.69, 9.17) is 23.7 Å². The van der Waals surface area contributed by atoms with Gasteiger partial charge in [-0.3, -0.25) is 0 Å². The lowest BCUT2D eigenvalue weighted by molar-refractivity contribution is -0.452. The highest BCUT2D eigenvalue weighted by Crippen LogP contribution is 2.62. The largest absolute Gasteiger partial charge is 0.488 e. The molecule has 0 radical (unpaired) electrons. The van der Waals surface area contributed by atoms with Crippen LogP contribution >= 0.6 is 0 Å². The van der Waals surface area contributed by atoms with E-state index in [0.717, 1.165) is 0 Å². The van der Waals surface area contributed by atoms with Crippen molar-refractivity contribution in [2.45, 2.75) is 47.8 Å². The Morgan fingerprint density at radius 1 is 0.479 bits per heavy atom. The maximum Gasteiger partial charge on any atom is 0.460 e. The summed E-state index contributed by atoms with van der Waals surface area (Å²) in [5.74, 6) is -47.2. The fourth-order valence-electron chi connectivity index (χ4n) is 3.83. The molecule has 0 bridgehead atoms. The number of benzene rings is 2. The van der Waals surface area contributed by atoms with E-state index in [2.05, 4.69) is 0 Å². The summed E-state index contributed by atoms with van der Waals surface area (Å²) in [5, 5.41) is 1.57. The van der Waals surface area contributed by atoms with Crippen molar-refractivity contribution >= 4 is 0 Å². The number of alkyl halides is 15. The van der Waals surface area contributed by atoms with Gasteiger partial charge in [0.25, 0.3) is 0 Å². The Hall–Kier alpha value is -3.49. The lowest BCUT2D eigenvalue weighted by Gasteiger charge is -2.41. The molecule has 0 unspecified atom stereocenters. The van der Waals surface area contributed by atoms with Gasteiger partial charge in [-0.1, -0.05) is 24.3 Å². The third-order valence-electron chi connectivity index (χ3n) is 6.55. The minimum atomic E-state index is -8.38. The molecule has 48 heavy (non-hydrogen) atoms. The third kappa shape index (κ3) is 7.55. The number of hydrogen-bond donors (Lipinski definition) is 1. The highest BCUT2D eigenvalue weighted by molar-refractivity contribution is 5.40. The predicted octanol–water partition coefficient (Wildman–Crippen LogP) is 7.26. The molecule has 1 aliphatic heterocycles. The molecule has 272 valence electrons. The molecule has 0 amide bonds. The Balaban J connectivity index is 1.90. The fraction of sp³-hybridized carbons (Fsp3) is 0.556. The predicted molar refractivity (Wildman–Crippen MR) is 133 cm³/mol. The highest BCUT2D eigenvalue weighted by Gasteiger charge is 2.93. The molecule has 0 atom stereocenters. The number of nitrogens with one attached hydrogen (secondary N) is 1. The molecule has 0 fully saturated rings. The first kappa shape index (κ1) is 39.0. The number of para-hydroxylation sites is 4. The molecule has 2 aromatic carbocycles. The molecule has 0 spiro atoms. The van der Waals surface area contributed by atoms with E-state index in [9.17, 15) is 65.9 Å². The molecule has 6 nitrogen and oxygen atoms in total. The minimum Gasteiger partial charge on any atom is -0.488 e. The second-order valence-electron chi connectivity index (χ2n) is 9.98. The first-order valence-electron chi connectivity index (χ1n) is 13.4. The van der Waals surface area contributed by atoms with Crippen LogP contribution in [0.4, 0.5) is 65.9 Å². The lowest BCUT2D eigenvalue weighted by Crippen LogP contribution is -2.73. The molecular formula is C27H24F15NO5. The third-order valence-corrected chi connectivity index (χ3v) is 6.55. The standard InChI is InChI=1S/C27H24F15NO5/c28-21(29,22(30,31)23(32,33)24(34,35)25(36,37)26(38,39)27(40,41)42)15-43-16-13-47-19-7-3-1-5-17(19)45-11-9-44-10-12-46-18-6-2-4-8-20(18)48-14-16/h1-8,16,43H,9-15H2. The van der Waals surface area contributed by atoms with Crippen molar-refractivity contribution in [2.75, 3.05) is 46.2 Å². The average molecular weight is 727 g/mol. The van der Waals surface area contributed by atoms with Crippen molar-refractivity contribution in [3.63, 3.8) is 0 Å². The molecule has 1 N–H and O–H groups in total. The summed E-state index contributed by atoms with van der Waals surface area (Å²) in [6.45, 7) is -4.45. The van der Waals surface area contributed by atoms with Gasteiger partial charge < -0.3 is 29.0 Å². The zero-order valence-corrected chi connectivity index (χ0v) is 23.9. The van der Waals surface area contributed by atoms with Gasteiger partial charge in [-0.25, -0.2) is 0 Å². The normalized spacial score (nSPS) is 17.2. The quantitative estimate of drug-likeness (QED) is 0.289. The van der Waals surface area contributed by atoms with Crippen molar-refractivity contribution in [2.24, 2.45) is 0 Å². The Morgan fingerprint density at radius 2 is 0.833 bits per heavy atom. The molecule has 1 heterocycles. The number of ether oxygens (including phenoxy) is 5. The van der Waals surface area contributed by atoms with E-state index in [1.54, 1.807) is 5.32 Å². The van der Waals surface area contributed by atoms with E-state index < -0.39 is 67.5 Å². The van der Waals surface area contributed by atoms with Crippen molar-refractivity contribution in [3.8, 4) is 23.0 Å². The number of halogens is 15. The van der Waals surface area contributed by atoms with Crippen LogP contribution in [0, 0.1) is 0 Å². The highest BCUT2D eigenvalue weighted by atomic mass is 19.4. The zero-order chi connectivity index (χ0) is 36.2. The van der Waals surface area contributed by atoms with Crippen LogP contribution in [0.25, 0.3) is 0 Å². The summed E-state index contributed by atoms with van der Waals surface area (Å²) in [4.78, 5) is 0. The van der Waals surface area contributed by atoms with Crippen molar-refractivity contribution in [3.05, 3.63) is 48.5 Å². The SMILES string of the molecule is FC(F)(F)C(F)(F)C(F)(F)C(F)(F)C(F)(F)C(F)(F)C(F)(F)CNC1COc2ccccc2OCCOCCOc2ccccc2OC1. The van der Waals surface area contributed by atoms with Gasteiger partial charge in [0.2, 0.25) is 0 Å². The summed E-state index contributed by atoms with van der Waals surface area (Å²) in [5.41, 5.74) is 0. The van der Waals surface area contributed by atoms with Crippen LogP contribution in [0.3, 0.4) is 0 Å². The summed E-state index contributed by atoms with van der Waals surface area (Å²) in [6.07, 6.45) is -7.68. The molecular weight excluding hydrogens is 703 g/mol. The molecule has 2 aromatic rings. The Kier molecular flexibility index (Phi) is 11.5. The Labute approximate surface area is 261 Å². The second kappa shape index (κ2) is 14.2. The van der Waals surface area contributed by atoms with Crippen LogP contribution in [0.5, 0.6) is 23.0 Å². The van der Waals surface area contributed by atoms with Crippen LogP contribution in [0.15, 0.2) is 48.5 Å². The van der Waals surface area contributed by atoms with E-state index in [1.807, 2.05) is 0 Å². The molecule has 0 aromatic heterocycles. The van der Waals surface area contributed by atoms with Gasteiger partial charge in [0.05, 0.1) is 25.8 Å². The molecule has 3 rings (SSSR count). The van der Waals surface area contributed by atoms with E-state index in [1.165, 1.54) is 48.5 Å². The maximum absolute atomic E-state index is 14.6. The van der Waals surface area contributed by atoms with Crippen LogP contribution in [0.2, 0.25) is 0 Å². The summed E-state index contributed by atoms with van der Waals surface area (Å²) < 4.78 is 232. The van der Waals surface area contributed by atoms with Gasteiger partial charge in [0.1, 0.15) is 26.4 Å². The monoisotopic (exact) mass is 727 g/mol. The zero-order valence-electron chi connectivity index (χ0n) is 23.9. The van der Waals surface area contributed by atoms with Gasteiger partial charge in [-0.15, -0.1) is 0 Å². The van der Waals surface area contributed by atoms with Crippen molar-refractivity contribution in [1.82, 2.24) is 5.32 Å². The van der Waals surface area contributed by atoms with Gasteiger partial charge in [0, 0.05) is 0 Å². The summed E-state index contributed by atoms with van der Waals surface area (Å²) >= 11 is 0. The fourth-order valence-corrected chi connectivity index (χ4v) is 3.83. The Bertz CT molecular complexity index is 1300. The van der Waals surface area contributed by atoms with Crippen LogP contribution in [-0.4, -0.2) is 93.9 Å². The smallest absolute Gasteiger partial charge is 0.460 e. The van der Waals surface area contributed by atoms with E-state index in [0.29, 0.717) is 0 Å². The molecule has 0 saturated carbocycles. The molecule has 1 aliphatic rings. The van der Waals surface area contributed by atoms with Crippen LogP contribution in [0.1, 0.15) is 0 Å². The van der Waals surface area contributed by atoms with Gasteiger partial charge >= 0.3 is 41.7 Å². The summed E-state index contributed by atoms with van der Waals surface area (Å²) in [7, 11) is 0. The van der Waals surface area contributed by atoms with E-state index in [-0.39, 0.29) is 49.4 Å². The first-order chi connectivity index (χ1) is 22.0. The van der Waals surface area contributed by atoms with E-state index >= 15 is 0 Å². The number of rotatable bonds is 8. The summed E-state index contributed by atoms with van der Waals surface area (Å²) in [6, 6.07) is 9.39. The first-order valence-corrected chi connectivity index (χ1v) is 13.4. The van der Waals surface area contributed by atoms with Gasteiger partial charge in [-0.05, 0) is 24.3 Å². The molecule has 0 aliphatic carbocycles. The van der Waals surface area contributed by atoms with Crippen molar-refractivity contribution in [1.29, 1.82) is 0 Å². The minimum absolute atomic E-state index is 0.0458. The number of fused-ring (bicyclic) bond motifs is 2. The Morgan fingerprint density at radius 3 is 1.23 bits per heavy atom. The molecule has 21 heteroatoms. The van der Waals surface area contributed by atoms with Gasteiger partial charge in [0.15, 0.2) is 23.0 Å². The topological polar surface area (TPSA) is 58.2 Å². The second-order valence-corrected chi connectivity index (χ2v) is 9.98. The molecule has 0 saturated heterocycles. The van der Waals surface area contributed by atoms with Crippen LogP contribution < -0.4 is 24.3 Å². The maximum atomic E-state index is 14.6. The lowest BCUT2D eigenvalue weighted by atomic mass is 9.91. The van der Waals surface area contributed by atoms with Crippen LogP contribution in [-0.2, 0) is 4.74 Å². The van der Waals surface area contributed by atoms with Crippen molar-refractivity contribution < 1.29 is 89.5 Å².